The summed E-state index contributed by atoms with van der Waals surface area (Å²) in [4.78, 5) is 29.8. The first-order valence-electron chi connectivity index (χ1n) is 14.5. The van der Waals surface area contributed by atoms with Crippen molar-refractivity contribution in [1.29, 1.82) is 0 Å². The Kier molecular flexibility index (Phi) is 10.7. The summed E-state index contributed by atoms with van der Waals surface area (Å²) in [5.74, 6) is -0.732. The van der Waals surface area contributed by atoms with Crippen LogP contribution in [0.2, 0.25) is 5.02 Å². The van der Waals surface area contributed by atoms with Crippen LogP contribution in [0.1, 0.15) is 54.4 Å². The Morgan fingerprint density at radius 2 is 1.60 bits per heavy atom. The van der Waals surface area contributed by atoms with Crippen molar-refractivity contribution in [3.63, 3.8) is 0 Å². The quantitative estimate of drug-likeness (QED) is 0.297. The summed E-state index contributed by atoms with van der Waals surface area (Å²) in [6.07, 6.45) is 6.42. The first kappa shape index (κ1) is 31.6. The van der Waals surface area contributed by atoms with Gasteiger partial charge in [0.1, 0.15) is 12.6 Å². The number of hydrogen-bond donors (Lipinski definition) is 1. The first-order chi connectivity index (χ1) is 20.0. The van der Waals surface area contributed by atoms with Crippen LogP contribution in [-0.4, -0.2) is 50.0 Å². The molecule has 4 rings (SSSR count). The molecule has 3 aromatic rings. The van der Waals surface area contributed by atoms with Crippen LogP contribution in [0.5, 0.6) is 0 Å². The minimum absolute atomic E-state index is 0.0456. The number of sulfonamides is 1. The van der Waals surface area contributed by atoms with E-state index >= 15 is 0 Å². The molecule has 0 radical (unpaired) electrons. The fraction of sp³-hybridized carbons (Fsp3) is 0.394. The molecule has 224 valence electrons. The standard InChI is InChI=1S/C33H40ClN3O4S/c1-24-13-12-20-30(25(24)2)37(42(3,40)41)23-32(38)36(22-27-16-10-11-19-29(27)34)31(21-26-14-6-4-7-15-26)33(39)35-28-17-8-5-9-18-28/h4,6-7,10-16,19-20,28,31H,5,8-9,17-18,21-23H2,1-3H3,(H,35,39)/t31-/m1/s1. The van der Waals surface area contributed by atoms with E-state index < -0.39 is 28.5 Å². The zero-order valence-corrected chi connectivity index (χ0v) is 26.1. The molecule has 0 heterocycles. The minimum atomic E-state index is -3.84. The number of anilines is 1. The van der Waals surface area contributed by atoms with Crippen LogP contribution in [-0.2, 0) is 32.6 Å². The average molecular weight is 610 g/mol. The first-order valence-corrected chi connectivity index (χ1v) is 16.7. The minimum Gasteiger partial charge on any atom is -0.352 e. The Balaban J connectivity index is 1.75. The van der Waals surface area contributed by atoms with Crippen molar-refractivity contribution in [1.82, 2.24) is 10.2 Å². The molecule has 9 heteroatoms. The molecular formula is C33H40ClN3O4S. The summed E-state index contributed by atoms with van der Waals surface area (Å²) in [6.45, 7) is 3.34. The largest absolute Gasteiger partial charge is 0.352 e. The number of nitrogens with one attached hydrogen (secondary N) is 1. The van der Waals surface area contributed by atoms with Gasteiger partial charge in [0, 0.05) is 24.0 Å². The van der Waals surface area contributed by atoms with Gasteiger partial charge in [-0.25, -0.2) is 8.42 Å². The Bertz CT molecular complexity index is 1490. The molecular weight excluding hydrogens is 570 g/mol. The lowest BCUT2D eigenvalue weighted by Crippen LogP contribution is -2.55. The second kappa shape index (κ2) is 14.2. The summed E-state index contributed by atoms with van der Waals surface area (Å²) in [5.41, 5.74) is 3.69. The maximum Gasteiger partial charge on any atom is 0.244 e. The molecule has 0 aliphatic heterocycles. The predicted octanol–water partition coefficient (Wildman–Crippen LogP) is 5.81. The van der Waals surface area contributed by atoms with Crippen LogP contribution in [0, 0.1) is 13.8 Å². The van der Waals surface area contributed by atoms with E-state index in [9.17, 15) is 18.0 Å². The summed E-state index contributed by atoms with van der Waals surface area (Å²) >= 11 is 6.54. The van der Waals surface area contributed by atoms with Crippen LogP contribution >= 0.6 is 11.6 Å². The average Bonchev–Trinajstić information content (AvgIpc) is 2.96. The molecule has 0 saturated heterocycles. The zero-order chi connectivity index (χ0) is 30.3. The molecule has 0 unspecified atom stereocenters. The smallest absolute Gasteiger partial charge is 0.244 e. The number of aryl methyl sites for hydroxylation is 1. The van der Waals surface area contributed by atoms with Crippen molar-refractivity contribution in [2.45, 2.75) is 71.0 Å². The van der Waals surface area contributed by atoms with Crippen molar-refractivity contribution >= 4 is 39.1 Å². The molecule has 1 fully saturated rings. The van der Waals surface area contributed by atoms with Gasteiger partial charge in [-0.2, -0.15) is 0 Å². The summed E-state index contributed by atoms with van der Waals surface area (Å²) in [5, 5.41) is 3.68. The maximum absolute atomic E-state index is 14.3. The van der Waals surface area contributed by atoms with Crippen LogP contribution in [0.4, 0.5) is 5.69 Å². The van der Waals surface area contributed by atoms with Crippen LogP contribution < -0.4 is 9.62 Å². The third kappa shape index (κ3) is 8.13. The number of halogens is 1. The molecule has 42 heavy (non-hydrogen) atoms. The lowest BCUT2D eigenvalue weighted by atomic mass is 9.94. The highest BCUT2D eigenvalue weighted by atomic mass is 35.5. The Hall–Kier alpha value is -3.36. The third-order valence-corrected chi connectivity index (χ3v) is 9.54. The molecule has 2 amide bonds. The van der Waals surface area contributed by atoms with E-state index in [2.05, 4.69) is 5.32 Å². The number of benzene rings is 3. The van der Waals surface area contributed by atoms with Crippen molar-refractivity contribution < 1.29 is 18.0 Å². The van der Waals surface area contributed by atoms with Crippen LogP contribution in [0.3, 0.4) is 0 Å². The van der Waals surface area contributed by atoms with Crippen molar-refractivity contribution in [2.24, 2.45) is 0 Å². The molecule has 1 aliphatic carbocycles. The molecule has 1 atom stereocenters. The van der Waals surface area contributed by atoms with E-state index in [-0.39, 0.29) is 24.9 Å². The Labute approximate surface area is 254 Å². The van der Waals surface area contributed by atoms with Gasteiger partial charge in [0.05, 0.1) is 11.9 Å². The zero-order valence-electron chi connectivity index (χ0n) is 24.6. The SMILES string of the molecule is Cc1cccc(N(CC(=O)N(Cc2ccccc2Cl)[C@H](Cc2ccccc2)C(=O)NC2CCCCC2)S(C)(=O)=O)c1C. The normalized spacial score (nSPS) is 14.7. The number of hydrogen-bond acceptors (Lipinski definition) is 4. The van der Waals surface area contributed by atoms with Gasteiger partial charge in [-0.3, -0.25) is 13.9 Å². The highest BCUT2D eigenvalue weighted by molar-refractivity contribution is 7.92. The molecule has 0 bridgehead atoms. The van der Waals surface area contributed by atoms with Gasteiger partial charge in [-0.05, 0) is 61.1 Å². The fourth-order valence-corrected chi connectivity index (χ4v) is 6.60. The molecule has 3 aromatic carbocycles. The summed E-state index contributed by atoms with van der Waals surface area (Å²) < 4.78 is 27.3. The number of rotatable bonds is 11. The van der Waals surface area contributed by atoms with Gasteiger partial charge in [-0.1, -0.05) is 91.5 Å². The van der Waals surface area contributed by atoms with Crippen molar-refractivity contribution in [2.75, 3.05) is 17.1 Å². The van der Waals surface area contributed by atoms with Gasteiger partial charge >= 0.3 is 0 Å². The molecule has 0 spiro atoms. The van der Waals surface area contributed by atoms with Gasteiger partial charge in [0.2, 0.25) is 21.8 Å². The Morgan fingerprint density at radius 3 is 2.26 bits per heavy atom. The number of nitrogens with zero attached hydrogens (tertiary/aromatic N) is 2. The Morgan fingerprint density at radius 1 is 0.929 bits per heavy atom. The second-order valence-electron chi connectivity index (χ2n) is 11.2. The predicted molar refractivity (Wildman–Crippen MR) is 169 cm³/mol. The second-order valence-corrected chi connectivity index (χ2v) is 13.5. The van der Waals surface area contributed by atoms with E-state index in [1.807, 2.05) is 62.4 Å². The fourth-order valence-electron chi connectivity index (χ4n) is 5.51. The lowest BCUT2D eigenvalue weighted by molar-refractivity contribution is -0.140. The number of carbonyl (C=O) groups excluding carboxylic acids is 2. The number of amides is 2. The summed E-state index contributed by atoms with van der Waals surface area (Å²) in [7, 11) is -3.84. The highest BCUT2D eigenvalue weighted by Gasteiger charge is 2.34. The van der Waals surface area contributed by atoms with Crippen molar-refractivity contribution in [3.05, 3.63) is 100 Å². The maximum atomic E-state index is 14.3. The molecule has 1 N–H and O–H groups in total. The molecule has 1 aliphatic rings. The van der Waals surface area contributed by atoms with E-state index in [0.29, 0.717) is 16.3 Å². The monoisotopic (exact) mass is 609 g/mol. The highest BCUT2D eigenvalue weighted by Crippen LogP contribution is 2.27. The molecule has 7 nitrogen and oxygen atoms in total. The molecule has 1 saturated carbocycles. The lowest BCUT2D eigenvalue weighted by Gasteiger charge is -2.35. The van der Waals surface area contributed by atoms with E-state index in [0.717, 1.165) is 59.4 Å². The van der Waals surface area contributed by atoms with Gasteiger partial charge in [0.15, 0.2) is 0 Å². The van der Waals surface area contributed by atoms with Crippen LogP contribution in [0.25, 0.3) is 0 Å². The third-order valence-electron chi connectivity index (χ3n) is 8.05. The number of carbonyl (C=O) groups is 2. The van der Waals surface area contributed by atoms with Crippen molar-refractivity contribution in [3.8, 4) is 0 Å². The van der Waals surface area contributed by atoms with E-state index in [1.54, 1.807) is 24.3 Å². The van der Waals surface area contributed by atoms with Crippen LogP contribution in [0.15, 0.2) is 72.8 Å². The molecule has 0 aromatic heterocycles. The topological polar surface area (TPSA) is 86.8 Å². The van der Waals surface area contributed by atoms with Gasteiger partial charge in [-0.15, -0.1) is 0 Å². The van der Waals surface area contributed by atoms with E-state index in [1.165, 1.54) is 4.90 Å². The summed E-state index contributed by atoms with van der Waals surface area (Å²) in [6, 6.07) is 21.3. The van der Waals surface area contributed by atoms with Gasteiger partial charge < -0.3 is 10.2 Å². The van der Waals surface area contributed by atoms with E-state index in [4.69, 9.17) is 11.6 Å². The van der Waals surface area contributed by atoms with Gasteiger partial charge in [0.25, 0.3) is 0 Å².